The number of rotatable bonds is 5. The number of phenolic OH excluding ortho intramolecular Hbond substituents is 1. The van der Waals surface area contributed by atoms with Gasteiger partial charge in [0.05, 0.1) is 6.61 Å². The zero-order valence-corrected chi connectivity index (χ0v) is 8.88. The number of hydrogen-bond donors (Lipinski definition) is 3. The van der Waals surface area contributed by atoms with Crippen LogP contribution in [0, 0.1) is 0 Å². The average Bonchev–Trinajstić information content (AvgIpc) is 2.23. The molecule has 0 aliphatic carbocycles. The minimum absolute atomic E-state index is 0.00425. The van der Waals surface area contributed by atoms with Crippen LogP contribution in [0.15, 0.2) is 18.2 Å². The molecule has 3 N–H and O–H groups in total. The summed E-state index contributed by atoms with van der Waals surface area (Å²) >= 11 is 0. The van der Waals surface area contributed by atoms with Crippen molar-refractivity contribution in [2.24, 2.45) is 0 Å². The first-order valence-electron chi connectivity index (χ1n) is 4.90. The van der Waals surface area contributed by atoms with Gasteiger partial charge in [-0.3, -0.25) is 0 Å². The molecule has 1 aromatic carbocycles. The highest BCUT2D eigenvalue weighted by molar-refractivity contribution is 5.72. The van der Waals surface area contributed by atoms with E-state index in [1.54, 1.807) is 13.0 Å². The molecule has 88 valence electrons. The lowest BCUT2D eigenvalue weighted by Crippen LogP contribution is -2.21. The number of carbonyl (C=O) groups is 1. The molecule has 1 atom stereocenters. The highest BCUT2D eigenvalue weighted by atomic mass is 16.5. The van der Waals surface area contributed by atoms with E-state index in [0.717, 1.165) is 0 Å². The smallest absolute Gasteiger partial charge is 0.332 e. The van der Waals surface area contributed by atoms with Crippen LogP contribution in [0.1, 0.15) is 12.5 Å². The third-order valence-corrected chi connectivity index (χ3v) is 2.04. The van der Waals surface area contributed by atoms with Crippen molar-refractivity contribution in [3.63, 3.8) is 0 Å². The van der Waals surface area contributed by atoms with E-state index < -0.39 is 12.1 Å². The summed E-state index contributed by atoms with van der Waals surface area (Å²) in [7, 11) is 0. The Hall–Kier alpha value is -1.75. The van der Waals surface area contributed by atoms with Gasteiger partial charge in [-0.15, -0.1) is 0 Å². The molecule has 5 heteroatoms. The van der Waals surface area contributed by atoms with E-state index >= 15 is 0 Å². The molecule has 5 nitrogen and oxygen atoms in total. The molecule has 0 fully saturated rings. The summed E-state index contributed by atoms with van der Waals surface area (Å²) in [5, 5.41) is 27.1. The molecule has 1 rings (SSSR count). The minimum Gasteiger partial charge on any atom is -0.504 e. The largest absolute Gasteiger partial charge is 0.504 e. The molecule has 0 bridgehead atoms. The standard InChI is InChI=1S/C11H14O5/c1-2-16-10-6-7(3-4-8(10)12)5-9(13)11(14)15/h3-4,6,9,12-13H,2,5H2,1H3,(H,14,15). The second-order valence-electron chi connectivity index (χ2n) is 3.29. The molecule has 0 aliphatic heterocycles. The van der Waals surface area contributed by atoms with E-state index in [0.29, 0.717) is 12.2 Å². The third kappa shape index (κ3) is 3.13. The Labute approximate surface area is 92.9 Å². The molecular formula is C11H14O5. The van der Waals surface area contributed by atoms with Gasteiger partial charge in [-0.2, -0.15) is 0 Å². The van der Waals surface area contributed by atoms with Gasteiger partial charge in [0.15, 0.2) is 17.6 Å². The summed E-state index contributed by atoms with van der Waals surface area (Å²) in [6, 6.07) is 4.48. The van der Waals surface area contributed by atoms with E-state index in [-0.39, 0.29) is 17.9 Å². The van der Waals surface area contributed by atoms with E-state index in [4.69, 9.17) is 14.9 Å². The number of aliphatic carboxylic acids is 1. The van der Waals surface area contributed by atoms with Crippen molar-refractivity contribution in [1.82, 2.24) is 0 Å². The van der Waals surface area contributed by atoms with Gasteiger partial charge in [0.25, 0.3) is 0 Å². The topological polar surface area (TPSA) is 87.0 Å². The molecule has 16 heavy (non-hydrogen) atoms. The van der Waals surface area contributed by atoms with Crippen molar-refractivity contribution >= 4 is 5.97 Å². The number of carboxylic acid groups (broad SMARTS) is 1. The first-order chi connectivity index (χ1) is 7.54. The summed E-state index contributed by atoms with van der Waals surface area (Å²) in [4.78, 5) is 10.5. The predicted octanol–water partition coefficient (Wildman–Crippen LogP) is 0.779. The Balaban J connectivity index is 2.82. The van der Waals surface area contributed by atoms with Gasteiger partial charge in [0, 0.05) is 6.42 Å². The van der Waals surface area contributed by atoms with E-state index in [9.17, 15) is 9.90 Å². The number of hydrogen-bond acceptors (Lipinski definition) is 4. The molecule has 0 radical (unpaired) electrons. The van der Waals surface area contributed by atoms with Crippen molar-refractivity contribution in [3.05, 3.63) is 23.8 Å². The Bertz CT molecular complexity index is 375. The van der Waals surface area contributed by atoms with Crippen LogP contribution in [0.3, 0.4) is 0 Å². The summed E-state index contributed by atoms with van der Waals surface area (Å²) < 4.78 is 5.14. The average molecular weight is 226 g/mol. The molecule has 0 aliphatic rings. The molecular weight excluding hydrogens is 212 g/mol. The fourth-order valence-corrected chi connectivity index (χ4v) is 1.27. The summed E-state index contributed by atoms with van der Waals surface area (Å²) in [6.45, 7) is 2.18. The number of aliphatic hydroxyl groups excluding tert-OH is 1. The van der Waals surface area contributed by atoms with Crippen LogP contribution >= 0.6 is 0 Å². The molecule has 0 saturated heterocycles. The molecule has 0 heterocycles. The maximum Gasteiger partial charge on any atom is 0.332 e. The lowest BCUT2D eigenvalue weighted by atomic mass is 10.1. The normalized spacial score (nSPS) is 12.1. The molecule has 0 amide bonds. The van der Waals surface area contributed by atoms with Gasteiger partial charge in [-0.25, -0.2) is 4.79 Å². The molecule has 0 aromatic heterocycles. The Morgan fingerprint density at radius 2 is 2.19 bits per heavy atom. The predicted molar refractivity (Wildman–Crippen MR) is 56.6 cm³/mol. The number of carboxylic acids is 1. The number of benzene rings is 1. The summed E-state index contributed by atoms with van der Waals surface area (Å²) in [5.74, 6) is -0.987. The molecule has 1 unspecified atom stereocenters. The Morgan fingerprint density at radius 1 is 1.50 bits per heavy atom. The van der Waals surface area contributed by atoms with Crippen LogP contribution in [-0.4, -0.2) is 34.0 Å². The van der Waals surface area contributed by atoms with Gasteiger partial charge in [-0.1, -0.05) is 6.07 Å². The zero-order chi connectivity index (χ0) is 12.1. The Kier molecular flexibility index (Phi) is 4.13. The second-order valence-corrected chi connectivity index (χ2v) is 3.29. The highest BCUT2D eigenvalue weighted by Crippen LogP contribution is 2.27. The van der Waals surface area contributed by atoms with Crippen molar-refractivity contribution < 1.29 is 24.9 Å². The fourth-order valence-electron chi connectivity index (χ4n) is 1.27. The van der Waals surface area contributed by atoms with Crippen LogP contribution < -0.4 is 4.74 Å². The van der Waals surface area contributed by atoms with Crippen molar-refractivity contribution in [1.29, 1.82) is 0 Å². The zero-order valence-electron chi connectivity index (χ0n) is 8.88. The lowest BCUT2D eigenvalue weighted by Gasteiger charge is -2.09. The van der Waals surface area contributed by atoms with Crippen molar-refractivity contribution in [2.45, 2.75) is 19.4 Å². The quantitative estimate of drug-likeness (QED) is 0.690. The first kappa shape index (κ1) is 12.3. The van der Waals surface area contributed by atoms with E-state index in [1.807, 2.05) is 0 Å². The maximum atomic E-state index is 10.5. The monoisotopic (exact) mass is 226 g/mol. The van der Waals surface area contributed by atoms with Gasteiger partial charge < -0.3 is 20.1 Å². The first-order valence-corrected chi connectivity index (χ1v) is 4.90. The third-order valence-electron chi connectivity index (χ3n) is 2.04. The van der Waals surface area contributed by atoms with Crippen LogP contribution in [0.25, 0.3) is 0 Å². The van der Waals surface area contributed by atoms with Gasteiger partial charge in [0.1, 0.15) is 0 Å². The SMILES string of the molecule is CCOc1cc(CC(O)C(=O)O)ccc1O. The fraction of sp³-hybridized carbons (Fsp3) is 0.364. The number of aromatic hydroxyl groups is 1. The van der Waals surface area contributed by atoms with Crippen LogP contribution in [0.4, 0.5) is 0 Å². The molecule has 1 aromatic rings. The Morgan fingerprint density at radius 3 is 2.75 bits per heavy atom. The summed E-state index contributed by atoms with van der Waals surface area (Å²) in [5.41, 5.74) is 0.594. The van der Waals surface area contributed by atoms with Crippen molar-refractivity contribution in [3.8, 4) is 11.5 Å². The van der Waals surface area contributed by atoms with Crippen molar-refractivity contribution in [2.75, 3.05) is 6.61 Å². The van der Waals surface area contributed by atoms with Gasteiger partial charge in [0.2, 0.25) is 0 Å². The second kappa shape index (κ2) is 5.37. The number of aliphatic hydroxyl groups is 1. The van der Waals surface area contributed by atoms with Crippen LogP contribution in [-0.2, 0) is 11.2 Å². The van der Waals surface area contributed by atoms with E-state index in [1.165, 1.54) is 12.1 Å². The summed E-state index contributed by atoms with van der Waals surface area (Å²) in [6.07, 6.45) is -1.46. The van der Waals surface area contributed by atoms with Crippen LogP contribution in [0.2, 0.25) is 0 Å². The lowest BCUT2D eigenvalue weighted by molar-refractivity contribution is -0.146. The number of ether oxygens (including phenoxy) is 1. The van der Waals surface area contributed by atoms with E-state index in [2.05, 4.69) is 0 Å². The number of phenols is 1. The molecule has 0 spiro atoms. The van der Waals surface area contributed by atoms with Crippen LogP contribution in [0.5, 0.6) is 11.5 Å². The highest BCUT2D eigenvalue weighted by Gasteiger charge is 2.14. The minimum atomic E-state index is -1.45. The molecule has 0 saturated carbocycles. The van der Waals surface area contributed by atoms with Gasteiger partial charge >= 0.3 is 5.97 Å². The maximum absolute atomic E-state index is 10.5. The van der Waals surface area contributed by atoms with Gasteiger partial charge in [-0.05, 0) is 24.6 Å².